The molecular weight excluding hydrogens is 656 g/mol. The highest BCUT2D eigenvalue weighted by Gasteiger charge is 2.41. The molecular formula is C42H74N4O6. The number of likely N-dealkylation sites (tertiary alicyclic amines) is 1. The second kappa shape index (κ2) is 21.9. The maximum Gasteiger partial charge on any atom is 0.245 e. The fourth-order valence-corrected chi connectivity index (χ4v) is 7.68. The Morgan fingerprint density at radius 1 is 0.942 bits per heavy atom. The molecule has 1 heterocycles. The Labute approximate surface area is 316 Å². The Bertz CT molecular complexity index is 1220. The number of ether oxygens (including phenoxy) is 2. The Kier molecular flexibility index (Phi) is 19.1. The minimum Gasteiger partial charge on any atom is -0.386 e. The lowest BCUT2D eigenvalue weighted by Crippen LogP contribution is -2.57. The van der Waals surface area contributed by atoms with Gasteiger partial charge in [0.25, 0.3) is 0 Å². The lowest BCUT2D eigenvalue weighted by atomic mass is 9.88. The molecule has 0 spiro atoms. The van der Waals surface area contributed by atoms with Gasteiger partial charge in [-0.2, -0.15) is 0 Å². The van der Waals surface area contributed by atoms with Crippen LogP contribution in [0.2, 0.25) is 0 Å². The molecule has 0 aromatic rings. The summed E-state index contributed by atoms with van der Waals surface area (Å²) in [6.45, 7) is 23.1. The molecule has 10 heteroatoms. The SMILES string of the molecule is C=C(C[C@@H](OC)C([C@@H](C)CC)N(C)C(=O)[C@@H](NC(=O)C(C)C(C)C)C(C)C)N1CCC[C@H]1[C@H](OC)[C@@H](C)C(=O)N[C@H](C)[C@@H](O)C1=C/CCCC/C=C\1. The average Bonchev–Trinajstić information content (AvgIpc) is 3.58. The van der Waals surface area contributed by atoms with Crippen molar-refractivity contribution in [2.45, 2.75) is 156 Å². The van der Waals surface area contributed by atoms with E-state index in [4.69, 9.17) is 9.47 Å². The van der Waals surface area contributed by atoms with E-state index in [9.17, 15) is 19.5 Å². The second-order valence-electron chi connectivity index (χ2n) is 16.2. The summed E-state index contributed by atoms with van der Waals surface area (Å²) in [5, 5.41) is 17.2. The van der Waals surface area contributed by atoms with E-state index in [1.807, 2.05) is 61.6 Å². The fraction of sp³-hybridized carbons (Fsp3) is 0.786. The zero-order valence-electron chi connectivity index (χ0n) is 34.6. The number of amides is 3. The molecule has 3 amide bonds. The van der Waals surface area contributed by atoms with E-state index in [0.717, 1.165) is 62.8 Å². The number of nitrogens with zero attached hydrogens (tertiary/aromatic N) is 2. The summed E-state index contributed by atoms with van der Waals surface area (Å²) in [5.41, 5.74) is 1.73. The number of aliphatic hydroxyl groups excluding tert-OH is 1. The highest BCUT2D eigenvalue weighted by molar-refractivity contribution is 5.88. The van der Waals surface area contributed by atoms with Crippen molar-refractivity contribution < 1.29 is 29.0 Å². The maximum atomic E-state index is 14.1. The van der Waals surface area contributed by atoms with Crippen LogP contribution in [0.4, 0.5) is 0 Å². The number of carbonyl (C=O) groups is 3. The molecule has 0 bridgehead atoms. The molecule has 0 aromatic heterocycles. The number of hydrogen-bond donors (Lipinski definition) is 3. The number of allylic oxidation sites excluding steroid dienone is 2. The second-order valence-corrected chi connectivity index (χ2v) is 16.2. The molecule has 0 saturated carbocycles. The first-order valence-corrected chi connectivity index (χ1v) is 19.9. The molecule has 10 nitrogen and oxygen atoms in total. The smallest absolute Gasteiger partial charge is 0.245 e. The fourth-order valence-electron chi connectivity index (χ4n) is 7.68. The molecule has 0 aromatic carbocycles. The normalized spacial score (nSPS) is 23.5. The van der Waals surface area contributed by atoms with Crippen LogP contribution in [0.25, 0.3) is 0 Å². The molecule has 1 aliphatic heterocycles. The Morgan fingerprint density at radius 2 is 1.58 bits per heavy atom. The zero-order valence-corrected chi connectivity index (χ0v) is 34.6. The zero-order chi connectivity index (χ0) is 39.3. The number of aliphatic hydroxyl groups is 1. The molecule has 0 radical (unpaired) electrons. The van der Waals surface area contributed by atoms with Crippen LogP contribution in [-0.2, 0) is 23.9 Å². The third kappa shape index (κ3) is 12.2. The molecule has 2 unspecified atom stereocenters. The van der Waals surface area contributed by atoms with Crippen LogP contribution in [0.1, 0.15) is 114 Å². The Hall–Kier alpha value is -2.69. The van der Waals surface area contributed by atoms with Gasteiger partial charge in [0.05, 0.1) is 42.4 Å². The van der Waals surface area contributed by atoms with Crippen molar-refractivity contribution in [1.29, 1.82) is 0 Å². The van der Waals surface area contributed by atoms with Crippen molar-refractivity contribution in [3.63, 3.8) is 0 Å². The summed E-state index contributed by atoms with van der Waals surface area (Å²) in [6.07, 6.45) is 11.9. The van der Waals surface area contributed by atoms with Crippen molar-refractivity contribution in [2.24, 2.45) is 29.6 Å². The quantitative estimate of drug-likeness (QED) is 0.136. The van der Waals surface area contributed by atoms with Crippen LogP contribution in [0.3, 0.4) is 0 Å². The number of rotatable bonds is 20. The molecule has 298 valence electrons. The number of likely N-dealkylation sites (N-methyl/N-ethyl adjacent to an activating group) is 1. The van der Waals surface area contributed by atoms with E-state index in [2.05, 4.69) is 48.1 Å². The molecule has 2 rings (SSSR count). The van der Waals surface area contributed by atoms with Crippen molar-refractivity contribution in [3.05, 3.63) is 36.1 Å². The van der Waals surface area contributed by atoms with Gasteiger partial charge in [-0.05, 0) is 68.8 Å². The van der Waals surface area contributed by atoms with Crippen LogP contribution < -0.4 is 10.6 Å². The molecule has 1 aliphatic carbocycles. The van der Waals surface area contributed by atoms with E-state index in [1.54, 1.807) is 19.1 Å². The Balaban J connectivity index is 2.22. The number of methoxy groups -OCH3 is 2. The van der Waals surface area contributed by atoms with Gasteiger partial charge in [0.1, 0.15) is 6.04 Å². The van der Waals surface area contributed by atoms with Crippen LogP contribution in [0.15, 0.2) is 36.1 Å². The van der Waals surface area contributed by atoms with Gasteiger partial charge in [0.2, 0.25) is 17.7 Å². The minimum absolute atomic E-state index is 0.0721. The number of nitrogens with one attached hydrogen (secondary N) is 2. The van der Waals surface area contributed by atoms with Crippen molar-refractivity contribution >= 4 is 17.7 Å². The highest BCUT2D eigenvalue weighted by Crippen LogP contribution is 2.33. The van der Waals surface area contributed by atoms with Crippen LogP contribution in [-0.4, -0.2) is 103 Å². The van der Waals surface area contributed by atoms with Gasteiger partial charge < -0.3 is 35.0 Å². The van der Waals surface area contributed by atoms with Gasteiger partial charge in [0, 0.05) is 45.8 Å². The van der Waals surface area contributed by atoms with Gasteiger partial charge in [-0.25, -0.2) is 0 Å². The summed E-state index contributed by atoms with van der Waals surface area (Å²) >= 11 is 0. The third-order valence-electron chi connectivity index (χ3n) is 11.7. The third-order valence-corrected chi connectivity index (χ3v) is 11.7. The van der Waals surface area contributed by atoms with Crippen LogP contribution in [0.5, 0.6) is 0 Å². The summed E-state index contributed by atoms with van der Waals surface area (Å²) in [4.78, 5) is 44.9. The lowest BCUT2D eigenvalue weighted by molar-refractivity contribution is -0.143. The minimum atomic E-state index is -0.792. The monoisotopic (exact) mass is 731 g/mol. The molecule has 1 saturated heterocycles. The average molecular weight is 731 g/mol. The van der Waals surface area contributed by atoms with Crippen LogP contribution in [0, 0.1) is 29.6 Å². The largest absolute Gasteiger partial charge is 0.386 e. The van der Waals surface area contributed by atoms with E-state index in [1.165, 1.54) is 0 Å². The molecule has 1 fully saturated rings. The van der Waals surface area contributed by atoms with E-state index >= 15 is 0 Å². The lowest BCUT2D eigenvalue weighted by Gasteiger charge is -2.42. The summed E-state index contributed by atoms with van der Waals surface area (Å²) in [6, 6.07) is -1.45. The molecule has 3 N–H and O–H groups in total. The summed E-state index contributed by atoms with van der Waals surface area (Å²) < 4.78 is 12.2. The summed E-state index contributed by atoms with van der Waals surface area (Å²) in [7, 11) is 5.16. The summed E-state index contributed by atoms with van der Waals surface area (Å²) in [5.74, 6) is -0.906. The number of hydrogen-bond acceptors (Lipinski definition) is 7. The number of carbonyl (C=O) groups excluding carboxylic acids is 3. The van der Waals surface area contributed by atoms with Gasteiger partial charge in [-0.1, -0.05) is 86.6 Å². The van der Waals surface area contributed by atoms with Crippen molar-refractivity contribution in [2.75, 3.05) is 27.8 Å². The molecule has 10 atom stereocenters. The van der Waals surface area contributed by atoms with Crippen molar-refractivity contribution in [3.8, 4) is 0 Å². The standard InChI is InChI=1S/C42H74N4O6/c1-14-28(6)37(45(11)42(50)36(27(4)5)44-40(48)30(8)26(2)3)35(51-12)25-29(7)46-24-20-23-34(46)39(52-13)31(9)41(49)43-32(10)38(47)33-21-18-16-15-17-19-22-33/h18,21-22,26-28,30-32,34-39,47H,7,14-17,19-20,23-25H2,1-6,8-13H3,(H,43,49)(H,44,48)/b21-18-,33-22+/t28-,30?,31+,32+,34-,35+,36-,37?,38+,39+/m0/s1. The first-order chi connectivity index (χ1) is 24.5. The van der Waals surface area contributed by atoms with Gasteiger partial charge in [-0.3, -0.25) is 14.4 Å². The van der Waals surface area contributed by atoms with Gasteiger partial charge >= 0.3 is 0 Å². The van der Waals surface area contributed by atoms with E-state index in [-0.39, 0.29) is 59.6 Å². The van der Waals surface area contributed by atoms with Gasteiger partial charge in [0.15, 0.2) is 0 Å². The predicted octanol–water partition coefficient (Wildman–Crippen LogP) is 6.25. The Morgan fingerprint density at radius 3 is 2.15 bits per heavy atom. The molecule has 52 heavy (non-hydrogen) atoms. The van der Waals surface area contributed by atoms with E-state index < -0.39 is 30.2 Å². The topological polar surface area (TPSA) is 120 Å². The van der Waals surface area contributed by atoms with Crippen LogP contribution >= 0.6 is 0 Å². The first-order valence-electron chi connectivity index (χ1n) is 19.9. The maximum absolute atomic E-state index is 14.1. The van der Waals surface area contributed by atoms with E-state index in [0.29, 0.717) is 6.42 Å². The molecule has 2 aliphatic rings. The highest BCUT2D eigenvalue weighted by atomic mass is 16.5. The first kappa shape index (κ1) is 45.5. The van der Waals surface area contributed by atoms with Crippen molar-refractivity contribution in [1.82, 2.24) is 20.4 Å². The predicted molar refractivity (Wildman–Crippen MR) is 210 cm³/mol. The van der Waals surface area contributed by atoms with Gasteiger partial charge in [-0.15, -0.1) is 0 Å².